The molecule has 1 unspecified atom stereocenters. The van der Waals surface area contributed by atoms with E-state index in [0.717, 1.165) is 29.1 Å². The van der Waals surface area contributed by atoms with Crippen LogP contribution in [-0.2, 0) is 14.3 Å². The monoisotopic (exact) mass is 588 g/mol. The van der Waals surface area contributed by atoms with Gasteiger partial charge in [0.1, 0.15) is 16.4 Å². The number of nitrogens with zero attached hydrogens (tertiary/aromatic N) is 2. The summed E-state index contributed by atoms with van der Waals surface area (Å²) in [6, 6.07) is 10.2. The summed E-state index contributed by atoms with van der Waals surface area (Å²) in [5.41, 5.74) is 0.948. The summed E-state index contributed by atoms with van der Waals surface area (Å²) >= 11 is 13.3. The first-order valence-electron chi connectivity index (χ1n) is 12.3. The SMILES string of the molecule is CCCCOc1ccc(/C(O)=C2/C(=O)C(=O)N(c3nc(C)c(C(=O)OCC)s3)C2c2ccc(Cl)c(Cl)c2)cc1. The second kappa shape index (κ2) is 12.2. The maximum atomic E-state index is 13.4. The van der Waals surface area contributed by atoms with Crippen LogP contribution in [0.25, 0.3) is 5.76 Å². The summed E-state index contributed by atoms with van der Waals surface area (Å²) < 4.78 is 10.8. The standard InChI is InChI=1S/C28H26Cl2N2O6S/c1-4-6-13-38-18-10-7-16(8-11-18)23(33)21-22(17-9-12-19(29)20(30)14-17)32(26(35)24(21)34)28-31-15(3)25(39-28)27(36)37-5-2/h7-12,14,22,33H,4-6,13H2,1-3H3/b23-21-. The van der Waals surface area contributed by atoms with Gasteiger partial charge in [-0.15, -0.1) is 0 Å². The van der Waals surface area contributed by atoms with Crippen LogP contribution in [0.2, 0.25) is 10.0 Å². The van der Waals surface area contributed by atoms with E-state index in [1.807, 2.05) is 0 Å². The van der Waals surface area contributed by atoms with Crippen LogP contribution in [0.15, 0.2) is 48.0 Å². The van der Waals surface area contributed by atoms with Gasteiger partial charge in [-0.3, -0.25) is 14.5 Å². The molecule has 3 aromatic rings. The number of carbonyl (C=O) groups excluding carboxylic acids is 3. The van der Waals surface area contributed by atoms with Crippen molar-refractivity contribution in [3.8, 4) is 5.75 Å². The molecule has 8 nitrogen and oxygen atoms in total. The number of ether oxygens (including phenoxy) is 2. The van der Waals surface area contributed by atoms with Crippen molar-refractivity contribution in [2.45, 2.75) is 39.7 Å². The summed E-state index contributed by atoms with van der Waals surface area (Å²) in [4.78, 5) is 45.0. The molecule has 0 spiro atoms. The average Bonchev–Trinajstić information content (AvgIpc) is 3.42. The van der Waals surface area contributed by atoms with Crippen molar-refractivity contribution >= 4 is 63.1 Å². The van der Waals surface area contributed by atoms with Crippen LogP contribution in [0.4, 0.5) is 5.13 Å². The molecule has 1 N–H and O–H groups in total. The van der Waals surface area contributed by atoms with E-state index < -0.39 is 23.7 Å². The Bertz CT molecular complexity index is 1450. The molecule has 1 fully saturated rings. The molecule has 11 heteroatoms. The maximum Gasteiger partial charge on any atom is 0.350 e. The fourth-order valence-electron chi connectivity index (χ4n) is 4.10. The van der Waals surface area contributed by atoms with Crippen molar-refractivity contribution < 1.29 is 29.0 Å². The predicted octanol–water partition coefficient (Wildman–Crippen LogP) is 6.74. The minimum Gasteiger partial charge on any atom is -0.507 e. The van der Waals surface area contributed by atoms with Crippen molar-refractivity contribution in [2.75, 3.05) is 18.1 Å². The van der Waals surface area contributed by atoms with Crippen LogP contribution in [-0.4, -0.2) is 41.0 Å². The number of benzene rings is 2. The van der Waals surface area contributed by atoms with Crippen molar-refractivity contribution in [2.24, 2.45) is 0 Å². The van der Waals surface area contributed by atoms with Crippen LogP contribution in [0.3, 0.4) is 0 Å². The highest BCUT2D eigenvalue weighted by molar-refractivity contribution is 7.17. The Morgan fingerprint density at radius 1 is 1.10 bits per heavy atom. The molecule has 1 saturated heterocycles. The molecule has 39 heavy (non-hydrogen) atoms. The van der Waals surface area contributed by atoms with Gasteiger partial charge in [0.15, 0.2) is 5.13 Å². The molecule has 2 heterocycles. The number of aromatic nitrogens is 1. The minimum absolute atomic E-state index is 0.104. The first-order chi connectivity index (χ1) is 18.7. The molecule has 1 atom stereocenters. The molecule has 1 amide bonds. The van der Waals surface area contributed by atoms with E-state index in [2.05, 4.69) is 11.9 Å². The number of hydrogen-bond acceptors (Lipinski definition) is 8. The number of aliphatic hydroxyl groups is 1. The third kappa shape index (κ3) is 5.80. The Hall–Kier alpha value is -3.40. The lowest BCUT2D eigenvalue weighted by atomic mass is 9.95. The van der Waals surface area contributed by atoms with E-state index in [0.29, 0.717) is 29.2 Å². The first-order valence-corrected chi connectivity index (χ1v) is 13.9. The van der Waals surface area contributed by atoms with E-state index in [1.165, 1.54) is 6.07 Å². The van der Waals surface area contributed by atoms with Crippen molar-refractivity contribution in [3.05, 3.63) is 79.8 Å². The number of hydrogen-bond donors (Lipinski definition) is 1. The zero-order chi connectivity index (χ0) is 28.3. The van der Waals surface area contributed by atoms with E-state index in [-0.39, 0.29) is 38.0 Å². The number of aliphatic hydroxyl groups excluding tert-OH is 1. The fourth-order valence-corrected chi connectivity index (χ4v) is 5.39. The summed E-state index contributed by atoms with van der Waals surface area (Å²) in [6.07, 6.45) is 1.90. The highest BCUT2D eigenvalue weighted by Gasteiger charge is 2.48. The Kier molecular flexibility index (Phi) is 8.94. The van der Waals surface area contributed by atoms with Gasteiger partial charge in [0.25, 0.3) is 5.78 Å². The number of unbranched alkanes of at least 4 members (excludes halogenated alkanes) is 1. The second-order valence-electron chi connectivity index (χ2n) is 8.70. The second-order valence-corrected chi connectivity index (χ2v) is 10.5. The number of Topliss-reactive ketones (excluding diaryl/α,β-unsaturated/α-hetero) is 1. The zero-order valence-electron chi connectivity index (χ0n) is 21.5. The van der Waals surface area contributed by atoms with E-state index in [1.54, 1.807) is 50.2 Å². The predicted molar refractivity (Wildman–Crippen MR) is 151 cm³/mol. The molecule has 0 aliphatic carbocycles. The van der Waals surface area contributed by atoms with Gasteiger partial charge in [0.05, 0.1) is 40.6 Å². The highest BCUT2D eigenvalue weighted by Crippen LogP contribution is 2.45. The summed E-state index contributed by atoms with van der Waals surface area (Å²) in [5.74, 6) is -2.14. The molecule has 1 aliphatic heterocycles. The molecule has 4 rings (SSSR count). The first kappa shape index (κ1) is 28.6. The van der Waals surface area contributed by atoms with Gasteiger partial charge in [-0.2, -0.15) is 0 Å². The minimum atomic E-state index is -1.08. The third-order valence-electron chi connectivity index (χ3n) is 6.05. The number of carbonyl (C=O) groups is 3. The van der Waals surface area contributed by atoms with Gasteiger partial charge in [0.2, 0.25) is 0 Å². The van der Waals surface area contributed by atoms with Crippen molar-refractivity contribution in [1.29, 1.82) is 0 Å². The summed E-state index contributed by atoms with van der Waals surface area (Å²) in [7, 11) is 0. The van der Waals surface area contributed by atoms with Gasteiger partial charge in [-0.1, -0.05) is 53.9 Å². The Balaban J connectivity index is 1.83. The quantitative estimate of drug-likeness (QED) is 0.0969. The van der Waals surface area contributed by atoms with Crippen LogP contribution >= 0.6 is 34.5 Å². The lowest BCUT2D eigenvalue weighted by molar-refractivity contribution is -0.132. The third-order valence-corrected chi connectivity index (χ3v) is 7.93. The van der Waals surface area contributed by atoms with Crippen LogP contribution < -0.4 is 9.64 Å². The molecular weight excluding hydrogens is 563 g/mol. The summed E-state index contributed by atoms with van der Waals surface area (Å²) in [6.45, 7) is 6.09. The normalized spacial score (nSPS) is 16.5. The number of thiazole rings is 1. The molecule has 204 valence electrons. The Morgan fingerprint density at radius 2 is 1.82 bits per heavy atom. The van der Waals surface area contributed by atoms with Gasteiger partial charge in [-0.05, 0) is 62.2 Å². The average molecular weight is 589 g/mol. The zero-order valence-corrected chi connectivity index (χ0v) is 23.8. The molecule has 0 radical (unpaired) electrons. The number of rotatable bonds is 9. The lowest BCUT2D eigenvalue weighted by Crippen LogP contribution is -2.29. The summed E-state index contributed by atoms with van der Waals surface area (Å²) in [5, 5.41) is 11.9. The number of anilines is 1. The molecular formula is C28H26Cl2N2O6S. The van der Waals surface area contributed by atoms with Gasteiger partial charge >= 0.3 is 11.9 Å². The number of esters is 1. The van der Waals surface area contributed by atoms with Gasteiger partial charge in [-0.25, -0.2) is 9.78 Å². The lowest BCUT2D eigenvalue weighted by Gasteiger charge is -2.23. The van der Waals surface area contributed by atoms with Crippen molar-refractivity contribution in [1.82, 2.24) is 4.98 Å². The molecule has 0 saturated carbocycles. The Morgan fingerprint density at radius 3 is 2.46 bits per heavy atom. The number of ketones is 1. The molecule has 2 aromatic carbocycles. The smallest absolute Gasteiger partial charge is 0.350 e. The molecule has 1 aliphatic rings. The topological polar surface area (TPSA) is 106 Å². The largest absolute Gasteiger partial charge is 0.507 e. The maximum absolute atomic E-state index is 13.4. The number of aryl methyl sites for hydroxylation is 1. The van der Waals surface area contributed by atoms with Gasteiger partial charge in [0, 0.05) is 5.56 Å². The molecule has 1 aromatic heterocycles. The van der Waals surface area contributed by atoms with Gasteiger partial charge < -0.3 is 14.6 Å². The fraction of sp³-hybridized carbons (Fsp3) is 0.286. The number of amides is 1. The van der Waals surface area contributed by atoms with Crippen molar-refractivity contribution in [3.63, 3.8) is 0 Å². The van der Waals surface area contributed by atoms with Crippen LogP contribution in [0.1, 0.15) is 59.2 Å². The van der Waals surface area contributed by atoms with E-state index in [9.17, 15) is 19.5 Å². The Labute approximate surface area is 239 Å². The highest BCUT2D eigenvalue weighted by atomic mass is 35.5. The van der Waals surface area contributed by atoms with Crippen LogP contribution in [0.5, 0.6) is 5.75 Å². The van der Waals surface area contributed by atoms with Crippen LogP contribution in [0, 0.1) is 6.92 Å². The van der Waals surface area contributed by atoms with E-state index in [4.69, 9.17) is 32.7 Å². The number of halogens is 2. The van der Waals surface area contributed by atoms with E-state index >= 15 is 0 Å². The molecule has 0 bridgehead atoms.